The van der Waals surface area contributed by atoms with E-state index in [4.69, 9.17) is 13.3 Å². The Kier molecular flexibility index (Phi) is 3.76. The van der Waals surface area contributed by atoms with Crippen LogP contribution in [0.25, 0.3) is 0 Å². The number of furan rings is 3. The Labute approximate surface area is 148 Å². The van der Waals surface area contributed by atoms with Gasteiger partial charge in [0.1, 0.15) is 23.3 Å². The minimum atomic E-state index is -0.876. The summed E-state index contributed by atoms with van der Waals surface area (Å²) >= 11 is 0. The number of nitrogens with zero attached hydrogens (tertiary/aromatic N) is 1. The molecule has 0 saturated heterocycles. The largest absolute Gasteiger partial charge is 0.503 e. The Hall–Kier alpha value is -3.48. The fraction of sp³-hybridized carbons (Fsp3) is 0.158. The molecular formula is C19H15NO6. The lowest BCUT2D eigenvalue weighted by Gasteiger charge is -2.23. The maximum absolute atomic E-state index is 12.8. The van der Waals surface area contributed by atoms with Gasteiger partial charge in [-0.3, -0.25) is 9.59 Å². The molecule has 7 heteroatoms. The van der Waals surface area contributed by atoms with Crippen LogP contribution in [0.2, 0.25) is 0 Å². The third-order valence-electron chi connectivity index (χ3n) is 4.23. The molecule has 1 amide bonds. The van der Waals surface area contributed by atoms with Gasteiger partial charge < -0.3 is 23.3 Å². The van der Waals surface area contributed by atoms with Crippen LogP contribution in [0, 0.1) is 6.92 Å². The highest BCUT2D eigenvalue weighted by molar-refractivity contribution is 6.14. The van der Waals surface area contributed by atoms with Crippen molar-refractivity contribution in [2.45, 2.75) is 19.5 Å². The third kappa shape index (κ3) is 2.54. The zero-order chi connectivity index (χ0) is 18.3. The molecule has 1 atom stereocenters. The standard InChI is InChI=1S/C19H15NO6/c1-11-6-7-13(26-11)16-15(17(21)14-5-3-9-25-14)18(22)19(23)20(16)10-12-4-2-8-24-12/h2-9,16,22H,10H2,1H3. The van der Waals surface area contributed by atoms with E-state index in [1.54, 1.807) is 37.3 Å². The Morgan fingerprint density at radius 1 is 1.15 bits per heavy atom. The summed E-state index contributed by atoms with van der Waals surface area (Å²) in [6, 6.07) is 8.98. The summed E-state index contributed by atoms with van der Waals surface area (Å²) in [7, 11) is 0. The van der Waals surface area contributed by atoms with Crippen molar-refractivity contribution >= 4 is 11.7 Å². The fourth-order valence-corrected chi connectivity index (χ4v) is 3.06. The molecule has 1 unspecified atom stereocenters. The number of hydrogen-bond acceptors (Lipinski definition) is 6. The molecule has 26 heavy (non-hydrogen) atoms. The molecule has 0 bridgehead atoms. The van der Waals surface area contributed by atoms with Crippen molar-refractivity contribution in [2.24, 2.45) is 0 Å². The van der Waals surface area contributed by atoms with Crippen LogP contribution in [-0.2, 0) is 11.3 Å². The third-order valence-corrected chi connectivity index (χ3v) is 4.23. The van der Waals surface area contributed by atoms with Crippen LogP contribution in [-0.4, -0.2) is 21.7 Å². The lowest BCUT2D eigenvalue weighted by Crippen LogP contribution is -2.30. The molecule has 4 heterocycles. The Bertz CT molecular complexity index is 977. The molecule has 0 spiro atoms. The van der Waals surface area contributed by atoms with Crippen molar-refractivity contribution in [3.05, 3.63) is 83.3 Å². The molecule has 0 aliphatic carbocycles. The van der Waals surface area contributed by atoms with Crippen molar-refractivity contribution in [3.63, 3.8) is 0 Å². The van der Waals surface area contributed by atoms with E-state index in [0.29, 0.717) is 17.3 Å². The summed E-state index contributed by atoms with van der Waals surface area (Å²) in [5.41, 5.74) is -0.0779. The van der Waals surface area contributed by atoms with Gasteiger partial charge in [-0.1, -0.05) is 0 Å². The van der Waals surface area contributed by atoms with E-state index in [1.165, 1.54) is 23.5 Å². The average molecular weight is 353 g/mol. The Morgan fingerprint density at radius 2 is 1.92 bits per heavy atom. The van der Waals surface area contributed by atoms with Gasteiger partial charge in [-0.2, -0.15) is 0 Å². The van der Waals surface area contributed by atoms with Crippen LogP contribution in [0.4, 0.5) is 0 Å². The lowest BCUT2D eigenvalue weighted by molar-refractivity contribution is -0.130. The van der Waals surface area contributed by atoms with Crippen LogP contribution in [0.15, 0.2) is 73.5 Å². The van der Waals surface area contributed by atoms with Crippen LogP contribution >= 0.6 is 0 Å². The Balaban J connectivity index is 1.79. The quantitative estimate of drug-likeness (QED) is 0.705. The normalized spacial score (nSPS) is 17.3. The van der Waals surface area contributed by atoms with Crippen LogP contribution < -0.4 is 0 Å². The average Bonchev–Trinajstić information content (AvgIpc) is 3.40. The molecule has 0 fully saturated rings. The molecule has 1 aliphatic heterocycles. The van der Waals surface area contributed by atoms with Gasteiger partial charge in [0.25, 0.3) is 5.91 Å². The van der Waals surface area contributed by atoms with Crippen LogP contribution in [0.3, 0.4) is 0 Å². The number of carbonyl (C=O) groups excluding carboxylic acids is 2. The highest BCUT2D eigenvalue weighted by atomic mass is 16.3. The topological polar surface area (TPSA) is 97.0 Å². The molecule has 0 saturated carbocycles. The summed E-state index contributed by atoms with van der Waals surface area (Å²) in [6.07, 6.45) is 2.85. The second kappa shape index (κ2) is 6.11. The zero-order valence-corrected chi connectivity index (χ0v) is 13.8. The van der Waals surface area contributed by atoms with E-state index in [-0.39, 0.29) is 17.9 Å². The van der Waals surface area contributed by atoms with Crippen molar-refractivity contribution in [1.82, 2.24) is 4.90 Å². The monoisotopic (exact) mass is 353 g/mol. The lowest BCUT2D eigenvalue weighted by atomic mass is 9.99. The van der Waals surface area contributed by atoms with E-state index in [1.807, 2.05) is 0 Å². The van der Waals surface area contributed by atoms with Gasteiger partial charge in [-0.15, -0.1) is 0 Å². The van der Waals surface area contributed by atoms with E-state index in [9.17, 15) is 14.7 Å². The molecule has 0 radical (unpaired) electrons. The maximum Gasteiger partial charge on any atom is 0.290 e. The summed E-state index contributed by atoms with van der Waals surface area (Å²) < 4.78 is 16.1. The summed E-state index contributed by atoms with van der Waals surface area (Å²) in [5.74, 6) is -0.296. The van der Waals surface area contributed by atoms with Crippen molar-refractivity contribution in [2.75, 3.05) is 0 Å². The number of ketones is 1. The number of hydrogen-bond donors (Lipinski definition) is 1. The van der Waals surface area contributed by atoms with Gasteiger partial charge >= 0.3 is 0 Å². The molecule has 7 nitrogen and oxygen atoms in total. The first-order valence-electron chi connectivity index (χ1n) is 7.97. The van der Waals surface area contributed by atoms with E-state index in [0.717, 1.165) is 0 Å². The van der Waals surface area contributed by atoms with E-state index in [2.05, 4.69) is 0 Å². The summed E-state index contributed by atoms with van der Waals surface area (Å²) in [6.45, 7) is 1.84. The zero-order valence-electron chi connectivity index (χ0n) is 13.8. The second-order valence-electron chi connectivity index (χ2n) is 5.93. The van der Waals surface area contributed by atoms with Gasteiger partial charge in [-0.05, 0) is 43.3 Å². The van der Waals surface area contributed by atoms with E-state index >= 15 is 0 Å². The number of rotatable bonds is 5. The predicted molar refractivity (Wildman–Crippen MR) is 88.1 cm³/mol. The SMILES string of the molecule is Cc1ccc(C2C(C(=O)c3ccco3)=C(O)C(=O)N2Cc2ccco2)o1. The molecule has 3 aromatic rings. The number of aliphatic hydroxyl groups excluding tert-OH is 1. The van der Waals surface area contributed by atoms with Crippen molar-refractivity contribution in [3.8, 4) is 0 Å². The number of Topliss-reactive ketones (excluding diaryl/α,β-unsaturated/α-hetero) is 1. The fourth-order valence-electron chi connectivity index (χ4n) is 3.06. The summed E-state index contributed by atoms with van der Waals surface area (Å²) in [4.78, 5) is 26.8. The highest BCUT2D eigenvalue weighted by Gasteiger charge is 2.46. The molecule has 4 rings (SSSR count). The van der Waals surface area contributed by atoms with E-state index < -0.39 is 23.5 Å². The van der Waals surface area contributed by atoms with Gasteiger partial charge in [0.15, 0.2) is 11.5 Å². The first kappa shape index (κ1) is 16.0. The Morgan fingerprint density at radius 3 is 2.54 bits per heavy atom. The second-order valence-corrected chi connectivity index (χ2v) is 5.93. The molecule has 132 valence electrons. The maximum atomic E-state index is 12.8. The molecule has 3 aromatic heterocycles. The first-order valence-corrected chi connectivity index (χ1v) is 7.97. The van der Waals surface area contributed by atoms with Crippen LogP contribution in [0.1, 0.15) is 33.9 Å². The first-order chi connectivity index (χ1) is 12.6. The predicted octanol–water partition coefficient (Wildman–Crippen LogP) is 3.55. The van der Waals surface area contributed by atoms with Crippen LogP contribution in [0.5, 0.6) is 0 Å². The molecule has 0 aromatic carbocycles. The summed E-state index contributed by atoms with van der Waals surface area (Å²) in [5, 5.41) is 10.4. The number of aliphatic hydroxyl groups is 1. The number of carbonyl (C=O) groups is 2. The minimum absolute atomic E-state index is 0.0347. The molecular weight excluding hydrogens is 338 g/mol. The molecule has 1 aliphatic rings. The highest BCUT2D eigenvalue weighted by Crippen LogP contribution is 2.40. The van der Waals surface area contributed by atoms with Gasteiger partial charge in [0, 0.05) is 0 Å². The number of amides is 1. The van der Waals surface area contributed by atoms with Crippen molar-refractivity contribution in [1.29, 1.82) is 0 Å². The minimum Gasteiger partial charge on any atom is -0.503 e. The molecule has 1 N–H and O–H groups in total. The van der Waals surface area contributed by atoms with Gasteiger partial charge in [0.2, 0.25) is 5.78 Å². The van der Waals surface area contributed by atoms with Crippen molar-refractivity contribution < 1.29 is 27.9 Å². The van der Waals surface area contributed by atoms with Gasteiger partial charge in [0.05, 0.1) is 24.6 Å². The smallest absolute Gasteiger partial charge is 0.290 e. The van der Waals surface area contributed by atoms with Gasteiger partial charge in [-0.25, -0.2) is 0 Å². The number of aryl methyl sites for hydroxylation is 1.